The highest BCUT2D eigenvalue weighted by atomic mass is 19.4. The maximum Gasteiger partial charge on any atom is 0.449 e. The number of carbonyl (C=O) groups excluding carboxylic acids is 2. The van der Waals surface area contributed by atoms with Gasteiger partial charge in [-0.15, -0.1) is 0 Å². The molecule has 0 aliphatic heterocycles. The first-order chi connectivity index (χ1) is 13.6. The summed E-state index contributed by atoms with van der Waals surface area (Å²) in [4.78, 5) is 29.0. The van der Waals surface area contributed by atoms with E-state index in [0.717, 1.165) is 10.1 Å². The molecule has 0 bridgehead atoms. The van der Waals surface area contributed by atoms with E-state index in [1.165, 1.54) is 24.0 Å². The molecule has 0 saturated carbocycles. The van der Waals surface area contributed by atoms with Crippen LogP contribution in [0.25, 0.3) is 11.0 Å². The molecule has 0 unspecified atom stereocenters. The second-order valence-corrected chi connectivity index (χ2v) is 6.63. The number of alkyl halides is 3. The molecule has 0 fully saturated rings. The summed E-state index contributed by atoms with van der Waals surface area (Å²) in [5.74, 6) is -1.84. The Hall–Kier alpha value is -3.36. The topological polar surface area (TPSA) is 67.2 Å². The van der Waals surface area contributed by atoms with Gasteiger partial charge < -0.3 is 14.8 Å². The molecule has 0 atom stereocenters. The van der Waals surface area contributed by atoms with Gasteiger partial charge in [0.2, 0.25) is 17.6 Å². The summed E-state index contributed by atoms with van der Waals surface area (Å²) in [6.45, 7) is 1.26. The molecule has 3 aromatic rings. The van der Waals surface area contributed by atoms with Crippen molar-refractivity contribution in [3.05, 3.63) is 59.9 Å². The number of hydrogen-bond acceptors (Lipinski definition) is 3. The summed E-state index contributed by atoms with van der Waals surface area (Å²) < 4.78 is 40.9. The number of amides is 2. The molecular formula is C20H19F3N4O2. The lowest BCUT2D eigenvalue weighted by molar-refractivity contribution is -0.147. The molecule has 2 amide bonds. The van der Waals surface area contributed by atoms with Crippen LogP contribution in [0.4, 0.5) is 18.9 Å². The highest BCUT2D eigenvalue weighted by molar-refractivity contribution is 5.91. The van der Waals surface area contributed by atoms with Gasteiger partial charge in [-0.25, -0.2) is 4.98 Å². The smallest absolute Gasteiger partial charge is 0.342 e. The lowest BCUT2D eigenvalue weighted by atomic mass is 10.2. The van der Waals surface area contributed by atoms with Crippen LogP contribution >= 0.6 is 0 Å². The van der Waals surface area contributed by atoms with Crippen molar-refractivity contribution < 1.29 is 22.8 Å². The average molecular weight is 404 g/mol. The molecule has 0 aliphatic rings. The molecule has 152 valence electrons. The first-order valence-electron chi connectivity index (χ1n) is 8.78. The first kappa shape index (κ1) is 20.4. The van der Waals surface area contributed by atoms with Crippen LogP contribution in [0.2, 0.25) is 0 Å². The zero-order valence-electron chi connectivity index (χ0n) is 15.8. The van der Waals surface area contributed by atoms with Gasteiger partial charge in [0.05, 0.1) is 11.0 Å². The van der Waals surface area contributed by atoms with Gasteiger partial charge >= 0.3 is 6.18 Å². The number of carbonyl (C=O) groups is 2. The van der Waals surface area contributed by atoms with Crippen LogP contribution in [0.3, 0.4) is 0 Å². The molecule has 0 radical (unpaired) electrons. The average Bonchev–Trinajstić information content (AvgIpc) is 3.01. The molecule has 2 aromatic carbocycles. The minimum atomic E-state index is -4.68. The number of aromatic nitrogens is 2. The normalized spacial score (nSPS) is 11.5. The fraction of sp³-hybridized carbons (Fsp3) is 0.250. The van der Waals surface area contributed by atoms with Crippen LogP contribution in [-0.4, -0.2) is 33.3 Å². The van der Waals surface area contributed by atoms with E-state index in [-0.39, 0.29) is 16.9 Å². The van der Waals surface area contributed by atoms with Gasteiger partial charge in [0.15, 0.2) is 0 Å². The van der Waals surface area contributed by atoms with Gasteiger partial charge in [-0.05, 0) is 29.8 Å². The Morgan fingerprint density at radius 1 is 1.14 bits per heavy atom. The fourth-order valence-corrected chi connectivity index (χ4v) is 2.93. The van der Waals surface area contributed by atoms with E-state index in [1.54, 1.807) is 43.4 Å². The molecule has 3 rings (SSSR count). The van der Waals surface area contributed by atoms with Crippen molar-refractivity contribution in [2.24, 2.45) is 0 Å². The third-order valence-electron chi connectivity index (χ3n) is 4.38. The lowest BCUT2D eigenvalue weighted by Gasteiger charge is -2.16. The van der Waals surface area contributed by atoms with Gasteiger partial charge in [-0.2, -0.15) is 13.2 Å². The molecule has 9 heteroatoms. The van der Waals surface area contributed by atoms with Crippen LogP contribution in [-0.2, 0) is 28.9 Å². The van der Waals surface area contributed by atoms with Crippen LogP contribution < -0.4 is 5.32 Å². The van der Waals surface area contributed by atoms with E-state index in [1.807, 2.05) is 0 Å². The van der Waals surface area contributed by atoms with Crippen LogP contribution in [0.1, 0.15) is 18.3 Å². The molecular weight excluding hydrogens is 385 g/mol. The number of anilines is 1. The number of rotatable bonds is 5. The van der Waals surface area contributed by atoms with Crippen LogP contribution in [0.5, 0.6) is 0 Å². The monoisotopic (exact) mass is 404 g/mol. The highest BCUT2D eigenvalue weighted by Crippen LogP contribution is 2.31. The second-order valence-electron chi connectivity index (χ2n) is 6.63. The molecule has 0 aliphatic carbocycles. The largest absolute Gasteiger partial charge is 0.449 e. The van der Waals surface area contributed by atoms with Crippen molar-refractivity contribution in [1.82, 2.24) is 14.5 Å². The predicted molar refractivity (Wildman–Crippen MR) is 102 cm³/mol. The third kappa shape index (κ3) is 4.74. The number of halogens is 3. The van der Waals surface area contributed by atoms with Crippen molar-refractivity contribution in [3.63, 3.8) is 0 Å². The molecule has 0 spiro atoms. The highest BCUT2D eigenvalue weighted by Gasteiger charge is 2.38. The summed E-state index contributed by atoms with van der Waals surface area (Å²) in [7, 11) is 1.65. The fourth-order valence-electron chi connectivity index (χ4n) is 2.93. The molecule has 0 saturated heterocycles. The first-order valence-corrected chi connectivity index (χ1v) is 8.78. The molecule has 6 nitrogen and oxygen atoms in total. The second kappa shape index (κ2) is 7.94. The maximum absolute atomic E-state index is 13.4. The number of benzene rings is 2. The van der Waals surface area contributed by atoms with E-state index in [0.29, 0.717) is 12.2 Å². The van der Waals surface area contributed by atoms with Gasteiger partial charge in [-0.3, -0.25) is 9.59 Å². The number of nitrogens with zero attached hydrogens (tertiary/aromatic N) is 3. The Labute approximate surface area is 164 Å². The van der Waals surface area contributed by atoms with Crippen molar-refractivity contribution in [2.75, 3.05) is 12.4 Å². The summed E-state index contributed by atoms with van der Waals surface area (Å²) in [5.41, 5.74) is 1.61. The van der Waals surface area contributed by atoms with Crippen LogP contribution in [0.15, 0.2) is 48.5 Å². The Morgan fingerprint density at radius 2 is 1.86 bits per heavy atom. The molecule has 1 aromatic heterocycles. The van der Waals surface area contributed by atoms with E-state index < -0.39 is 24.5 Å². The standard InChI is InChI=1S/C20H19F3N4O2/c1-13(28)26(2)11-14-6-5-7-15(10-14)24-18(29)12-27-17-9-4-3-8-16(17)25-19(27)20(21,22)23/h3-10H,11-12H2,1-2H3,(H,24,29). The molecule has 29 heavy (non-hydrogen) atoms. The van der Waals surface area contributed by atoms with E-state index >= 15 is 0 Å². The van der Waals surface area contributed by atoms with Gasteiger partial charge in [0, 0.05) is 26.2 Å². The van der Waals surface area contributed by atoms with Crippen molar-refractivity contribution in [2.45, 2.75) is 26.2 Å². The van der Waals surface area contributed by atoms with E-state index in [9.17, 15) is 22.8 Å². The molecule has 1 heterocycles. The summed E-state index contributed by atoms with van der Waals surface area (Å²) >= 11 is 0. The Bertz CT molecular complexity index is 1060. The Balaban J connectivity index is 1.81. The van der Waals surface area contributed by atoms with Crippen molar-refractivity contribution in [1.29, 1.82) is 0 Å². The van der Waals surface area contributed by atoms with Gasteiger partial charge in [0.25, 0.3) is 0 Å². The zero-order valence-corrected chi connectivity index (χ0v) is 15.8. The zero-order chi connectivity index (χ0) is 21.2. The molecule has 1 N–H and O–H groups in total. The predicted octanol–water partition coefficient (Wildman–Crippen LogP) is 3.67. The van der Waals surface area contributed by atoms with Gasteiger partial charge in [-0.1, -0.05) is 24.3 Å². The van der Waals surface area contributed by atoms with Gasteiger partial charge in [0.1, 0.15) is 6.54 Å². The lowest BCUT2D eigenvalue weighted by Crippen LogP contribution is -2.24. The SMILES string of the molecule is CC(=O)N(C)Cc1cccc(NC(=O)Cn2c(C(F)(F)F)nc3ccccc32)c1. The number of nitrogens with one attached hydrogen (secondary N) is 1. The minimum absolute atomic E-state index is 0.105. The van der Waals surface area contributed by atoms with Crippen molar-refractivity contribution >= 4 is 28.5 Å². The number of imidazole rings is 1. The quantitative estimate of drug-likeness (QED) is 0.706. The summed E-state index contributed by atoms with van der Waals surface area (Å²) in [5, 5.41) is 2.61. The number of hydrogen-bond donors (Lipinski definition) is 1. The van der Waals surface area contributed by atoms with Crippen molar-refractivity contribution in [3.8, 4) is 0 Å². The van der Waals surface area contributed by atoms with E-state index in [4.69, 9.17) is 0 Å². The van der Waals surface area contributed by atoms with E-state index in [2.05, 4.69) is 10.3 Å². The minimum Gasteiger partial charge on any atom is -0.342 e. The third-order valence-corrected chi connectivity index (χ3v) is 4.38. The van der Waals surface area contributed by atoms with Crippen LogP contribution in [0, 0.1) is 0 Å². The Kier molecular flexibility index (Phi) is 5.58. The summed E-state index contributed by atoms with van der Waals surface area (Å²) in [6.07, 6.45) is -4.68. The summed E-state index contributed by atoms with van der Waals surface area (Å²) in [6, 6.07) is 12.9. The maximum atomic E-state index is 13.4. The number of fused-ring (bicyclic) bond motifs is 1. The Morgan fingerprint density at radius 3 is 2.55 bits per heavy atom. The number of para-hydroxylation sites is 2.